The van der Waals surface area contributed by atoms with Crippen LogP contribution in [0.1, 0.15) is 21.5 Å². The summed E-state index contributed by atoms with van der Waals surface area (Å²) in [5.74, 6) is 0.703. The van der Waals surface area contributed by atoms with Crippen LogP contribution in [0.4, 0.5) is 6.01 Å². The molecule has 0 aliphatic carbocycles. The van der Waals surface area contributed by atoms with Crippen LogP contribution in [-0.2, 0) is 0 Å². The Morgan fingerprint density at radius 2 is 1.92 bits per heavy atom. The first kappa shape index (κ1) is 15.7. The number of carbonyl (C=O) groups excluding carboxylic acids is 1. The topological polar surface area (TPSA) is 77.3 Å². The lowest BCUT2D eigenvalue weighted by molar-refractivity contribution is 0.102. The molecule has 0 bridgehead atoms. The van der Waals surface area contributed by atoms with Gasteiger partial charge in [0.2, 0.25) is 5.89 Å². The van der Waals surface area contributed by atoms with Gasteiger partial charge in [-0.05, 0) is 55.3 Å². The number of aromatic nitrogens is 2. The van der Waals surface area contributed by atoms with Gasteiger partial charge in [-0.2, -0.15) is 0 Å². The van der Waals surface area contributed by atoms with E-state index in [-0.39, 0.29) is 11.9 Å². The standard InChI is InChI=1S/C18H17N3O3/c1-11-7-8-13(9-12(11)2)16(22)19-18-21-20-17(24-18)14-5-4-6-15(10-14)23-3/h4-10H,1-3H3,(H,19,21,22). The number of carbonyl (C=O) groups is 1. The molecule has 0 saturated carbocycles. The lowest BCUT2D eigenvalue weighted by atomic mass is 10.1. The molecule has 3 rings (SSSR count). The monoisotopic (exact) mass is 323 g/mol. The maximum absolute atomic E-state index is 12.3. The molecule has 3 aromatic rings. The Morgan fingerprint density at radius 1 is 1.08 bits per heavy atom. The molecule has 122 valence electrons. The van der Waals surface area contributed by atoms with Gasteiger partial charge in [0.15, 0.2) is 0 Å². The molecule has 0 aliphatic rings. The predicted octanol–water partition coefficient (Wildman–Crippen LogP) is 3.61. The Kier molecular flexibility index (Phi) is 4.29. The molecule has 6 heteroatoms. The Bertz CT molecular complexity index is 887. The molecular weight excluding hydrogens is 306 g/mol. The smallest absolute Gasteiger partial charge is 0.322 e. The van der Waals surface area contributed by atoms with Crippen LogP contribution in [0.25, 0.3) is 11.5 Å². The van der Waals surface area contributed by atoms with Crippen LogP contribution in [0.5, 0.6) is 5.75 Å². The van der Waals surface area contributed by atoms with Gasteiger partial charge in [-0.15, -0.1) is 5.10 Å². The molecule has 0 unspecified atom stereocenters. The first-order valence-electron chi connectivity index (χ1n) is 7.43. The average Bonchev–Trinajstić information content (AvgIpc) is 3.06. The summed E-state index contributed by atoms with van der Waals surface area (Å²) in [6.07, 6.45) is 0. The molecule has 0 saturated heterocycles. The van der Waals surface area contributed by atoms with Crippen molar-refractivity contribution in [2.24, 2.45) is 0 Å². The molecule has 1 amide bonds. The van der Waals surface area contributed by atoms with E-state index in [9.17, 15) is 4.79 Å². The minimum absolute atomic E-state index is 0.0519. The Morgan fingerprint density at radius 3 is 2.67 bits per heavy atom. The average molecular weight is 323 g/mol. The van der Waals surface area contributed by atoms with Crippen molar-refractivity contribution in [3.8, 4) is 17.2 Å². The fourth-order valence-electron chi connectivity index (χ4n) is 2.20. The first-order valence-corrected chi connectivity index (χ1v) is 7.43. The van der Waals surface area contributed by atoms with Crippen LogP contribution in [0, 0.1) is 13.8 Å². The summed E-state index contributed by atoms with van der Waals surface area (Å²) in [4.78, 5) is 12.3. The van der Waals surface area contributed by atoms with Crippen LogP contribution in [-0.4, -0.2) is 23.2 Å². The SMILES string of the molecule is COc1cccc(-c2nnc(NC(=O)c3ccc(C)c(C)c3)o2)c1. The number of hydrogen-bond donors (Lipinski definition) is 1. The van der Waals surface area contributed by atoms with Crippen molar-refractivity contribution in [3.63, 3.8) is 0 Å². The zero-order chi connectivity index (χ0) is 17.1. The second kappa shape index (κ2) is 6.54. The number of ether oxygens (including phenoxy) is 1. The van der Waals surface area contributed by atoms with E-state index in [0.29, 0.717) is 22.8 Å². The lowest BCUT2D eigenvalue weighted by Crippen LogP contribution is -2.12. The maximum Gasteiger partial charge on any atom is 0.322 e. The van der Waals surface area contributed by atoms with E-state index in [4.69, 9.17) is 9.15 Å². The summed E-state index contributed by atoms with van der Waals surface area (Å²) >= 11 is 0. The van der Waals surface area contributed by atoms with Gasteiger partial charge in [0.1, 0.15) is 5.75 Å². The van der Waals surface area contributed by atoms with Crippen molar-refractivity contribution >= 4 is 11.9 Å². The fraction of sp³-hybridized carbons (Fsp3) is 0.167. The van der Waals surface area contributed by atoms with Crippen LogP contribution < -0.4 is 10.1 Å². The Hall–Kier alpha value is -3.15. The van der Waals surface area contributed by atoms with Gasteiger partial charge in [-0.1, -0.05) is 17.2 Å². The molecule has 0 radical (unpaired) electrons. The number of methoxy groups -OCH3 is 1. The molecule has 6 nitrogen and oxygen atoms in total. The Labute approximate surface area is 139 Å². The third-order valence-corrected chi connectivity index (χ3v) is 3.73. The summed E-state index contributed by atoms with van der Waals surface area (Å²) in [5, 5.41) is 10.4. The quantitative estimate of drug-likeness (QED) is 0.793. The number of nitrogens with zero attached hydrogens (tertiary/aromatic N) is 2. The van der Waals surface area contributed by atoms with Crippen LogP contribution >= 0.6 is 0 Å². The Balaban J connectivity index is 1.78. The maximum atomic E-state index is 12.3. The van der Waals surface area contributed by atoms with Crippen LogP contribution in [0.3, 0.4) is 0 Å². The highest BCUT2D eigenvalue weighted by atomic mass is 16.5. The number of aryl methyl sites for hydroxylation is 2. The molecule has 0 spiro atoms. The third-order valence-electron chi connectivity index (χ3n) is 3.73. The number of anilines is 1. The molecule has 1 N–H and O–H groups in total. The zero-order valence-electron chi connectivity index (χ0n) is 13.7. The van der Waals surface area contributed by atoms with Gasteiger partial charge < -0.3 is 9.15 Å². The van der Waals surface area contributed by atoms with Crippen molar-refractivity contribution in [2.45, 2.75) is 13.8 Å². The van der Waals surface area contributed by atoms with Gasteiger partial charge in [-0.25, -0.2) is 0 Å². The van der Waals surface area contributed by atoms with E-state index in [2.05, 4.69) is 15.5 Å². The molecule has 1 heterocycles. The van der Waals surface area contributed by atoms with E-state index in [0.717, 1.165) is 11.1 Å². The van der Waals surface area contributed by atoms with Crippen molar-refractivity contribution < 1.29 is 13.9 Å². The van der Waals surface area contributed by atoms with Gasteiger partial charge >= 0.3 is 6.01 Å². The van der Waals surface area contributed by atoms with Crippen LogP contribution in [0.2, 0.25) is 0 Å². The summed E-state index contributed by atoms with van der Waals surface area (Å²) in [5.41, 5.74) is 3.43. The van der Waals surface area contributed by atoms with Gasteiger partial charge in [0.05, 0.1) is 7.11 Å². The number of rotatable bonds is 4. The highest BCUT2D eigenvalue weighted by molar-refractivity contribution is 6.03. The highest BCUT2D eigenvalue weighted by Crippen LogP contribution is 2.24. The van der Waals surface area contributed by atoms with E-state index in [1.807, 2.05) is 44.2 Å². The largest absolute Gasteiger partial charge is 0.497 e. The number of hydrogen-bond acceptors (Lipinski definition) is 5. The molecular formula is C18H17N3O3. The first-order chi connectivity index (χ1) is 11.6. The second-order valence-electron chi connectivity index (χ2n) is 5.40. The van der Waals surface area contributed by atoms with Crippen LogP contribution in [0.15, 0.2) is 46.9 Å². The minimum Gasteiger partial charge on any atom is -0.497 e. The number of amides is 1. The van der Waals surface area contributed by atoms with Crippen molar-refractivity contribution in [1.82, 2.24) is 10.2 Å². The zero-order valence-corrected chi connectivity index (χ0v) is 13.7. The second-order valence-corrected chi connectivity index (χ2v) is 5.40. The molecule has 0 aliphatic heterocycles. The summed E-state index contributed by atoms with van der Waals surface area (Å²) in [6, 6.07) is 12.8. The summed E-state index contributed by atoms with van der Waals surface area (Å²) < 4.78 is 10.7. The lowest BCUT2D eigenvalue weighted by Gasteiger charge is -2.04. The third kappa shape index (κ3) is 3.27. The minimum atomic E-state index is -0.293. The van der Waals surface area contributed by atoms with Crippen molar-refractivity contribution in [1.29, 1.82) is 0 Å². The molecule has 24 heavy (non-hydrogen) atoms. The van der Waals surface area contributed by atoms with Gasteiger partial charge in [0.25, 0.3) is 5.91 Å². The van der Waals surface area contributed by atoms with Gasteiger partial charge in [-0.3, -0.25) is 10.1 Å². The van der Waals surface area contributed by atoms with Gasteiger partial charge in [0, 0.05) is 11.1 Å². The molecule has 0 fully saturated rings. The fourth-order valence-corrected chi connectivity index (χ4v) is 2.20. The predicted molar refractivity (Wildman–Crippen MR) is 90.2 cm³/mol. The number of nitrogens with one attached hydrogen (secondary N) is 1. The van der Waals surface area contributed by atoms with Crippen molar-refractivity contribution in [3.05, 3.63) is 59.2 Å². The molecule has 2 aromatic carbocycles. The molecule has 1 aromatic heterocycles. The van der Waals surface area contributed by atoms with E-state index < -0.39 is 0 Å². The highest BCUT2D eigenvalue weighted by Gasteiger charge is 2.13. The summed E-state index contributed by atoms with van der Waals surface area (Å²) in [6.45, 7) is 3.95. The normalized spacial score (nSPS) is 10.5. The molecule has 0 atom stereocenters. The van der Waals surface area contributed by atoms with E-state index in [1.165, 1.54) is 0 Å². The summed E-state index contributed by atoms with van der Waals surface area (Å²) in [7, 11) is 1.59. The number of benzene rings is 2. The van der Waals surface area contributed by atoms with E-state index >= 15 is 0 Å². The van der Waals surface area contributed by atoms with Crippen molar-refractivity contribution in [2.75, 3.05) is 12.4 Å². The van der Waals surface area contributed by atoms with E-state index in [1.54, 1.807) is 19.2 Å².